The Kier molecular flexibility index (Phi) is 11.5. The second-order valence-corrected chi connectivity index (χ2v) is 16.3. The van der Waals surface area contributed by atoms with Gasteiger partial charge < -0.3 is 30.0 Å². The zero-order valence-corrected chi connectivity index (χ0v) is 29.5. The molecular weight excluding hydrogens is 671 g/mol. The van der Waals surface area contributed by atoms with Gasteiger partial charge in [-0.25, -0.2) is 18.2 Å². The highest BCUT2D eigenvalue weighted by Crippen LogP contribution is 2.33. The van der Waals surface area contributed by atoms with E-state index in [1.165, 1.54) is 21.7 Å². The zero-order valence-electron chi connectivity index (χ0n) is 27.8. The van der Waals surface area contributed by atoms with E-state index in [4.69, 9.17) is 14.2 Å². The number of aromatic nitrogens is 1. The van der Waals surface area contributed by atoms with Crippen LogP contribution in [0.5, 0.6) is 0 Å². The molecule has 0 aliphatic carbocycles. The van der Waals surface area contributed by atoms with Gasteiger partial charge in [0, 0.05) is 13.1 Å². The summed E-state index contributed by atoms with van der Waals surface area (Å²) >= 11 is 1.21. The molecule has 3 aromatic rings. The fourth-order valence-electron chi connectivity index (χ4n) is 6.61. The van der Waals surface area contributed by atoms with Crippen LogP contribution in [0.1, 0.15) is 38.7 Å². The van der Waals surface area contributed by atoms with Crippen LogP contribution in [0.25, 0.3) is 10.2 Å². The summed E-state index contributed by atoms with van der Waals surface area (Å²) in [5.41, 5.74) is 1.43. The third-order valence-corrected chi connectivity index (χ3v) is 11.8. The molecule has 266 valence electrons. The van der Waals surface area contributed by atoms with E-state index in [-0.39, 0.29) is 55.0 Å². The number of hydrogen-bond donors (Lipinski definition) is 3. The monoisotopic (exact) mass is 715 g/mol. The van der Waals surface area contributed by atoms with Gasteiger partial charge in [0.2, 0.25) is 15.9 Å². The minimum absolute atomic E-state index is 0.0481. The van der Waals surface area contributed by atoms with Gasteiger partial charge in [-0.1, -0.05) is 55.5 Å². The number of sulfonamides is 1. The Balaban J connectivity index is 1.17. The third kappa shape index (κ3) is 8.95. The summed E-state index contributed by atoms with van der Waals surface area (Å²) in [7, 11) is -4.09. The van der Waals surface area contributed by atoms with Crippen LogP contribution in [0.4, 0.5) is 9.93 Å². The number of rotatable bonds is 14. The van der Waals surface area contributed by atoms with E-state index in [0.717, 1.165) is 37.9 Å². The molecule has 13 nitrogen and oxygen atoms in total. The van der Waals surface area contributed by atoms with Crippen LogP contribution < -0.4 is 10.6 Å². The van der Waals surface area contributed by atoms with Gasteiger partial charge in [-0.2, -0.15) is 4.31 Å². The lowest BCUT2D eigenvalue weighted by atomic mass is 10.0. The van der Waals surface area contributed by atoms with E-state index in [1.807, 2.05) is 44.2 Å². The highest BCUT2D eigenvalue weighted by Gasteiger charge is 2.44. The number of nitrogens with zero attached hydrogens (tertiary/aromatic N) is 3. The number of nitrogens with one attached hydrogen (secondary N) is 2. The van der Waals surface area contributed by atoms with Gasteiger partial charge in [-0.05, 0) is 68.5 Å². The number of aliphatic hydroxyl groups is 1. The first kappa shape index (κ1) is 35.6. The zero-order chi connectivity index (χ0) is 34.5. The largest absolute Gasteiger partial charge is 0.443 e. The molecule has 0 bridgehead atoms. The van der Waals surface area contributed by atoms with Crippen molar-refractivity contribution in [2.75, 3.05) is 51.3 Å². The summed E-state index contributed by atoms with van der Waals surface area (Å²) in [4.78, 5) is 32.4. The van der Waals surface area contributed by atoms with Crippen LogP contribution in [0.15, 0.2) is 53.4 Å². The number of ether oxygens (including phenoxy) is 3. The summed E-state index contributed by atoms with van der Waals surface area (Å²) in [5, 5.41) is 17.7. The van der Waals surface area contributed by atoms with E-state index in [0.29, 0.717) is 28.5 Å². The Morgan fingerprint density at radius 3 is 2.65 bits per heavy atom. The molecule has 3 saturated heterocycles. The van der Waals surface area contributed by atoms with Crippen molar-refractivity contribution in [3.63, 3.8) is 0 Å². The van der Waals surface area contributed by atoms with E-state index in [2.05, 4.69) is 20.5 Å². The number of alkyl carbamates (subject to hydrolysis) is 1. The van der Waals surface area contributed by atoms with E-state index in [9.17, 15) is 23.1 Å². The molecule has 3 aliphatic rings. The van der Waals surface area contributed by atoms with E-state index in [1.54, 1.807) is 12.1 Å². The number of thiazole rings is 1. The van der Waals surface area contributed by atoms with Gasteiger partial charge in [0.1, 0.15) is 6.10 Å². The molecule has 0 unspecified atom stereocenters. The van der Waals surface area contributed by atoms with Gasteiger partial charge in [-0.15, -0.1) is 0 Å². The van der Waals surface area contributed by atoms with Gasteiger partial charge in [0.25, 0.3) is 0 Å². The number of carbonyl (C=O) groups is 2. The summed E-state index contributed by atoms with van der Waals surface area (Å²) in [6, 6.07) is 13.2. The van der Waals surface area contributed by atoms with Crippen molar-refractivity contribution in [2.45, 2.75) is 69.0 Å². The number of carbonyl (C=O) groups excluding carboxylic acids is 2. The summed E-state index contributed by atoms with van der Waals surface area (Å²) in [5.74, 6) is -0.254. The van der Waals surface area contributed by atoms with Crippen molar-refractivity contribution >= 4 is 48.7 Å². The van der Waals surface area contributed by atoms with E-state index >= 15 is 0 Å². The lowest BCUT2D eigenvalue weighted by Gasteiger charge is -2.31. The number of fused-ring (bicyclic) bond motifs is 2. The van der Waals surface area contributed by atoms with Gasteiger partial charge in [-0.3, -0.25) is 9.69 Å². The second-order valence-electron chi connectivity index (χ2n) is 13.4. The van der Waals surface area contributed by atoms with Crippen LogP contribution in [-0.2, 0) is 35.4 Å². The van der Waals surface area contributed by atoms with Crippen molar-refractivity contribution in [3.05, 3.63) is 54.1 Å². The summed E-state index contributed by atoms with van der Waals surface area (Å²) < 4.78 is 47.0. The molecule has 0 spiro atoms. The fraction of sp³-hybridized carbons (Fsp3) is 0.559. The molecule has 6 rings (SSSR count). The SMILES string of the molecule is CC(C)CN(C[C@@H](O)[C@H](Cc1ccccc1)NC(=O)O[C@@H]1CO[C@@H]2OCC[C@@H]21)S(=O)(=O)c1ccc2nc(NC(=O)CN3CCCC3)sc2c1. The van der Waals surface area contributed by atoms with Crippen LogP contribution >= 0.6 is 11.3 Å². The number of likely N-dealkylation sites (tertiary alicyclic amines) is 1. The van der Waals surface area contributed by atoms with E-state index < -0.39 is 34.4 Å². The molecule has 3 aliphatic heterocycles. The lowest BCUT2D eigenvalue weighted by Crippen LogP contribution is -2.51. The minimum atomic E-state index is -4.09. The predicted octanol–water partition coefficient (Wildman–Crippen LogP) is 3.44. The molecule has 49 heavy (non-hydrogen) atoms. The first-order valence-electron chi connectivity index (χ1n) is 16.9. The molecule has 5 atom stereocenters. The normalized spacial score (nSPS) is 22.4. The van der Waals surface area contributed by atoms with Crippen molar-refractivity contribution in [1.29, 1.82) is 0 Å². The first-order chi connectivity index (χ1) is 23.5. The topological polar surface area (TPSA) is 160 Å². The Morgan fingerprint density at radius 1 is 1.12 bits per heavy atom. The van der Waals surface area contributed by atoms with Crippen molar-refractivity contribution in [1.82, 2.24) is 19.5 Å². The van der Waals surface area contributed by atoms with Crippen LogP contribution in [0.3, 0.4) is 0 Å². The molecule has 1 aromatic heterocycles. The Labute approximate surface area is 291 Å². The highest BCUT2D eigenvalue weighted by molar-refractivity contribution is 7.89. The highest BCUT2D eigenvalue weighted by atomic mass is 32.2. The van der Waals surface area contributed by atoms with Gasteiger partial charge in [0.15, 0.2) is 11.4 Å². The van der Waals surface area contributed by atoms with Crippen LogP contribution in [0.2, 0.25) is 0 Å². The standard InChI is InChI=1S/C34H45N5O8S2/c1-22(2)18-39(49(43,44)24-10-11-26-30(17-24)48-33(35-26)37-31(41)20-38-13-6-7-14-38)19-28(40)27(16-23-8-4-3-5-9-23)36-34(42)47-29-21-46-32-25(29)12-15-45-32/h3-5,8-11,17,22,25,27-29,32,40H,6-7,12-16,18-21H2,1-2H3,(H,36,42)(H,35,37,41)/t25-,27+,28-,29-,32+/m1/s1. The predicted molar refractivity (Wildman–Crippen MR) is 185 cm³/mol. The fourth-order valence-corrected chi connectivity index (χ4v) is 9.25. The molecule has 2 amide bonds. The molecule has 0 radical (unpaired) electrons. The Hall–Kier alpha value is -3.18. The number of aliphatic hydroxyl groups excluding tert-OH is 1. The average Bonchev–Trinajstić information content (AvgIpc) is 3.87. The molecule has 15 heteroatoms. The first-order valence-corrected chi connectivity index (χ1v) is 19.2. The molecule has 2 aromatic carbocycles. The maximum Gasteiger partial charge on any atom is 0.407 e. The average molecular weight is 716 g/mol. The maximum absolute atomic E-state index is 14.2. The summed E-state index contributed by atoms with van der Waals surface area (Å²) in [6.07, 6.45) is 0.311. The third-order valence-electron chi connectivity index (χ3n) is 9.08. The van der Waals surface area contributed by atoms with Crippen molar-refractivity contribution < 1.29 is 37.3 Å². The molecule has 0 saturated carbocycles. The van der Waals surface area contributed by atoms with Gasteiger partial charge in [0.05, 0.1) is 52.9 Å². The smallest absolute Gasteiger partial charge is 0.407 e. The molecular formula is C34H45N5O8S2. The Morgan fingerprint density at radius 2 is 1.90 bits per heavy atom. The minimum Gasteiger partial charge on any atom is -0.443 e. The Bertz CT molecular complexity index is 1700. The van der Waals surface area contributed by atoms with Gasteiger partial charge >= 0.3 is 6.09 Å². The number of benzene rings is 2. The number of anilines is 1. The maximum atomic E-state index is 14.2. The van der Waals surface area contributed by atoms with Crippen molar-refractivity contribution in [3.8, 4) is 0 Å². The number of hydrogen-bond acceptors (Lipinski definition) is 11. The molecule has 3 N–H and O–H groups in total. The van der Waals surface area contributed by atoms with Crippen molar-refractivity contribution in [2.24, 2.45) is 11.8 Å². The van der Waals surface area contributed by atoms with Crippen LogP contribution in [-0.4, -0.2) is 110 Å². The lowest BCUT2D eigenvalue weighted by molar-refractivity contribution is -0.117. The summed E-state index contributed by atoms with van der Waals surface area (Å²) in [6.45, 7) is 6.55. The second kappa shape index (κ2) is 15.8. The number of amides is 2. The molecule has 4 heterocycles. The quantitative estimate of drug-likeness (QED) is 0.226. The van der Waals surface area contributed by atoms with Crippen LogP contribution in [0, 0.1) is 11.8 Å². The molecule has 3 fully saturated rings.